The Labute approximate surface area is 119 Å². The molecule has 0 bridgehead atoms. The van der Waals surface area contributed by atoms with Gasteiger partial charge in [-0.25, -0.2) is 9.97 Å². The van der Waals surface area contributed by atoms with Gasteiger partial charge in [0, 0.05) is 12.6 Å². The maximum absolute atomic E-state index is 11.3. The van der Waals surface area contributed by atoms with Crippen LogP contribution in [0.1, 0.15) is 41.0 Å². The van der Waals surface area contributed by atoms with Gasteiger partial charge in [-0.2, -0.15) is 0 Å². The van der Waals surface area contributed by atoms with E-state index in [4.69, 9.17) is 0 Å². The fourth-order valence-corrected chi connectivity index (χ4v) is 1.45. The minimum atomic E-state index is -0.449. The van der Waals surface area contributed by atoms with E-state index in [-0.39, 0.29) is 28.8 Å². The summed E-state index contributed by atoms with van der Waals surface area (Å²) in [5.41, 5.74) is -0.132. The highest BCUT2D eigenvalue weighted by molar-refractivity contribution is 5.69. The van der Waals surface area contributed by atoms with Gasteiger partial charge < -0.3 is 10.6 Å². The molecule has 0 aromatic carbocycles. The summed E-state index contributed by atoms with van der Waals surface area (Å²) < 4.78 is 0. The van der Waals surface area contributed by atoms with E-state index in [1.165, 1.54) is 6.33 Å². The summed E-state index contributed by atoms with van der Waals surface area (Å²) in [6, 6.07) is 0.0372. The van der Waals surface area contributed by atoms with E-state index in [2.05, 4.69) is 41.4 Å². The van der Waals surface area contributed by atoms with E-state index >= 15 is 0 Å². The molecule has 1 aromatic heterocycles. The first-order valence-electron chi connectivity index (χ1n) is 6.77. The average Bonchev–Trinajstić information content (AvgIpc) is 2.34. The molecule has 0 radical (unpaired) electrons. The highest BCUT2D eigenvalue weighted by Crippen LogP contribution is 2.31. The number of hydrogen-bond acceptors (Lipinski definition) is 6. The lowest BCUT2D eigenvalue weighted by Gasteiger charge is -2.28. The topological polar surface area (TPSA) is 93.0 Å². The Bertz CT molecular complexity index is 470. The van der Waals surface area contributed by atoms with Crippen molar-refractivity contribution in [2.75, 3.05) is 17.2 Å². The number of hydrogen-bond donors (Lipinski definition) is 2. The van der Waals surface area contributed by atoms with Crippen LogP contribution in [0.5, 0.6) is 0 Å². The molecule has 0 aliphatic rings. The molecule has 7 heteroatoms. The maximum atomic E-state index is 11.3. The predicted molar refractivity (Wildman–Crippen MR) is 80.0 cm³/mol. The second-order valence-corrected chi connectivity index (χ2v) is 5.84. The van der Waals surface area contributed by atoms with Gasteiger partial charge in [0.15, 0.2) is 0 Å². The van der Waals surface area contributed by atoms with E-state index in [1.807, 2.05) is 13.8 Å². The number of aromatic nitrogens is 2. The lowest BCUT2D eigenvalue weighted by Crippen LogP contribution is -2.31. The van der Waals surface area contributed by atoms with Crippen LogP contribution in [0.4, 0.5) is 17.3 Å². The minimum absolute atomic E-state index is 0.0319. The Morgan fingerprint density at radius 3 is 2.45 bits per heavy atom. The summed E-state index contributed by atoms with van der Waals surface area (Å²) in [5, 5.41) is 17.4. The second-order valence-electron chi connectivity index (χ2n) is 5.84. The van der Waals surface area contributed by atoms with E-state index in [1.54, 1.807) is 0 Å². The fourth-order valence-electron chi connectivity index (χ4n) is 1.45. The third-order valence-electron chi connectivity index (χ3n) is 3.20. The summed E-state index contributed by atoms with van der Waals surface area (Å²) in [7, 11) is 0. The van der Waals surface area contributed by atoms with Gasteiger partial charge in [-0.1, -0.05) is 27.7 Å². The van der Waals surface area contributed by atoms with Gasteiger partial charge >= 0.3 is 5.69 Å². The molecule has 7 nitrogen and oxygen atoms in total. The summed E-state index contributed by atoms with van der Waals surface area (Å²) in [4.78, 5) is 18.8. The van der Waals surface area contributed by atoms with Crippen molar-refractivity contribution >= 4 is 17.3 Å². The molecule has 1 heterocycles. The quantitative estimate of drug-likeness (QED) is 0.615. The van der Waals surface area contributed by atoms with E-state index in [0.29, 0.717) is 6.54 Å². The van der Waals surface area contributed by atoms with Crippen LogP contribution in [-0.4, -0.2) is 27.5 Å². The molecule has 0 fully saturated rings. The van der Waals surface area contributed by atoms with Crippen LogP contribution in [0.25, 0.3) is 0 Å². The van der Waals surface area contributed by atoms with Crippen molar-refractivity contribution in [2.45, 2.75) is 47.1 Å². The molecule has 0 aliphatic heterocycles. The lowest BCUT2D eigenvalue weighted by molar-refractivity contribution is -0.383. The molecule has 1 atom stereocenters. The van der Waals surface area contributed by atoms with Crippen LogP contribution < -0.4 is 10.6 Å². The van der Waals surface area contributed by atoms with E-state index < -0.39 is 4.92 Å². The van der Waals surface area contributed by atoms with Crippen molar-refractivity contribution in [3.63, 3.8) is 0 Å². The maximum Gasteiger partial charge on any atom is 0.353 e. The molecule has 1 unspecified atom stereocenters. The molecule has 1 rings (SSSR count). The Morgan fingerprint density at radius 1 is 1.35 bits per heavy atom. The van der Waals surface area contributed by atoms with Gasteiger partial charge in [0.1, 0.15) is 6.33 Å². The highest BCUT2D eigenvalue weighted by Gasteiger charge is 2.27. The van der Waals surface area contributed by atoms with E-state index in [9.17, 15) is 10.1 Å². The molecule has 112 valence electrons. The van der Waals surface area contributed by atoms with Crippen molar-refractivity contribution in [1.29, 1.82) is 0 Å². The summed E-state index contributed by atoms with van der Waals surface area (Å²) >= 11 is 0. The molecule has 2 N–H and O–H groups in total. The molecule has 0 aliphatic carbocycles. The molecule has 0 saturated heterocycles. The Morgan fingerprint density at radius 2 is 1.95 bits per heavy atom. The monoisotopic (exact) mass is 281 g/mol. The summed E-state index contributed by atoms with van der Waals surface area (Å²) in [6.45, 7) is 10.8. The Balaban J connectivity index is 3.09. The second kappa shape index (κ2) is 6.49. The molecule has 0 saturated carbocycles. The third-order valence-corrected chi connectivity index (χ3v) is 3.20. The van der Waals surface area contributed by atoms with Gasteiger partial charge in [0.05, 0.1) is 4.92 Å². The summed E-state index contributed by atoms with van der Waals surface area (Å²) in [5.74, 6) is 0.515. The van der Waals surface area contributed by atoms with Crippen molar-refractivity contribution < 1.29 is 4.92 Å². The largest absolute Gasteiger partial charge is 0.364 e. The molecule has 0 amide bonds. The standard InChI is InChI=1S/C13H23N5O2/c1-6-7-14-11-10(18(19)20)12(16-8-15-11)17-9(2)13(3,4)5/h8-9H,6-7H2,1-5H3,(H2,14,15,16,17). The van der Waals surface area contributed by atoms with Gasteiger partial charge in [0.2, 0.25) is 11.6 Å². The Hall–Kier alpha value is -1.92. The fraction of sp³-hybridized carbons (Fsp3) is 0.692. The third kappa shape index (κ3) is 4.04. The Kier molecular flexibility index (Phi) is 5.24. The number of anilines is 2. The van der Waals surface area contributed by atoms with E-state index in [0.717, 1.165) is 6.42 Å². The van der Waals surface area contributed by atoms with Crippen molar-refractivity contribution in [1.82, 2.24) is 9.97 Å². The van der Waals surface area contributed by atoms with Gasteiger partial charge in [-0.05, 0) is 18.8 Å². The molecule has 0 spiro atoms. The van der Waals surface area contributed by atoms with Gasteiger partial charge in [-0.3, -0.25) is 10.1 Å². The zero-order valence-corrected chi connectivity index (χ0v) is 12.7. The van der Waals surface area contributed by atoms with Crippen molar-refractivity contribution in [2.24, 2.45) is 5.41 Å². The van der Waals surface area contributed by atoms with Crippen molar-refractivity contribution in [3.05, 3.63) is 16.4 Å². The highest BCUT2D eigenvalue weighted by atomic mass is 16.6. The smallest absolute Gasteiger partial charge is 0.353 e. The van der Waals surface area contributed by atoms with Crippen LogP contribution in [0.3, 0.4) is 0 Å². The van der Waals surface area contributed by atoms with Crippen LogP contribution in [0.2, 0.25) is 0 Å². The predicted octanol–water partition coefficient (Wildman–Crippen LogP) is 3.05. The number of nitro groups is 1. The molecular weight excluding hydrogens is 258 g/mol. The zero-order chi connectivity index (χ0) is 15.3. The van der Waals surface area contributed by atoms with Crippen LogP contribution in [0.15, 0.2) is 6.33 Å². The first-order valence-corrected chi connectivity index (χ1v) is 6.77. The average molecular weight is 281 g/mol. The lowest BCUT2D eigenvalue weighted by atomic mass is 9.88. The van der Waals surface area contributed by atoms with Gasteiger partial charge in [-0.15, -0.1) is 0 Å². The number of nitrogens with zero attached hydrogens (tertiary/aromatic N) is 3. The molecule has 20 heavy (non-hydrogen) atoms. The number of rotatable bonds is 6. The van der Waals surface area contributed by atoms with Crippen LogP contribution >= 0.6 is 0 Å². The molecule has 1 aromatic rings. The number of nitrogens with one attached hydrogen (secondary N) is 2. The van der Waals surface area contributed by atoms with Crippen LogP contribution in [0, 0.1) is 15.5 Å². The normalized spacial score (nSPS) is 12.8. The van der Waals surface area contributed by atoms with Crippen molar-refractivity contribution in [3.8, 4) is 0 Å². The first kappa shape index (κ1) is 16.1. The van der Waals surface area contributed by atoms with Gasteiger partial charge in [0.25, 0.3) is 0 Å². The molecular formula is C13H23N5O2. The summed E-state index contributed by atoms with van der Waals surface area (Å²) in [6.07, 6.45) is 2.20. The zero-order valence-electron chi connectivity index (χ0n) is 12.7. The van der Waals surface area contributed by atoms with Crippen LogP contribution in [-0.2, 0) is 0 Å². The minimum Gasteiger partial charge on any atom is -0.364 e. The SMILES string of the molecule is CCCNc1ncnc(NC(C)C(C)(C)C)c1[N+](=O)[O-]. The first-order chi connectivity index (χ1) is 9.27.